The van der Waals surface area contributed by atoms with Crippen molar-refractivity contribution in [1.82, 2.24) is 4.90 Å². The molecule has 0 amide bonds. The van der Waals surface area contributed by atoms with Crippen LogP contribution < -0.4 is 5.73 Å². The van der Waals surface area contributed by atoms with Crippen molar-refractivity contribution in [2.75, 3.05) is 19.8 Å². The Morgan fingerprint density at radius 2 is 2.00 bits per heavy atom. The Hall–Kier alpha value is -2.76. The summed E-state index contributed by atoms with van der Waals surface area (Å²) in [6.07, 6.45) is 0. The number of ether oxygens (including phenoxy) is 2. The lowest BCUT2D eigenvalue weighted by Gasteiger charge is -2.33. The molecular weight excluding hydrogens is 308 g/mol. The standard InChI is InChI=1S/C18H20N2O4/c1-3-23-18(22)15-14(12-7-5-4-6-8-12)13(11(2)21)17-20(16(15)19)9-10-24-17/h4-8,14H,3,9-10,19H2,1-2H3. The van der Waals surface area contributed by atoms with Crippen LogP contribution in [0, 0.1) is 0 Å². The van der Waals surface area contributed by atoms with E-state index in [0.29, 0.717) is 36.0 Å². The molecule has 1 aromatic carbocycles. The zero-order valence-electron chi connectivity index (χ0n) is 13.7. The number of nitrogens with zero attached hydrogens (tertiary/aromatic N) is 1. The van der Waals surface area contributed by atoms with E-state index in [1.165, 1.54) is 6.92 Å². The zero-order valence-corrected chi connectivity index (χ0v) is 13.7. The number of carbonyl (C=O) groups is 2. The maximum absolute atomic E-state index is 12.6. The summed E-state index contributed by atoms with van der Waals surface area (Å²) in [5, 5.41) is 0. The van der Waals surface area contributed by atoms with Gasteiger partial charge in [0.2, 0.25) is 5.88 Å². The molecule has 1 fully saturated rings. The second-order valence-corrected chi connectivity index (χ2v) is 5.64. The van der Waals surface area contributed by atoms with Crippen molar-refractivity contribution in [1.29, 1.82) is 0 Å². The number of fused-ring (bicyclic) bond motifs is 1. The molecular formula is C18H20N2O4. The molecule has 126 valence electrons. The minimum Gasteiger partial charge on any atom is -0.477 e. The maximum Gasteiger partial charge on any atom is 0.338 e. The molecule has 0 aliphatic carbocycles. The Morgan fingerprint density at radius 1 is 1.29 bits per heavy atom. The van der Waals surface area contributed by atoms with Crippen LogP contribution in [0.1, 0.15) is 25.3 Å². The highest BCUT2D eigenvalue weighted by molar-refractivity contribution is 6.01. The average molecular weight is 328 g/mol. The first kappa shape index (κ1) is 16.1. The van der Waals surface area contributed by atoms with Gasteiger partial charge in [0.05, 0.1) is 30.2 Å². The van der Waals surface area contributed by atoms with E-state index in [2.05, 4.69) is 0 Å². The Bertz CT molecular complexity index is 737. The molecule has 0 bridgehead atoms. The van der Waals surface area contributed by atoms with Crippen LogP contribution in [0.25, 0.3) is 0 Å². The molecule has 0 aromatic heterocycles. The highest BCUT2D eigenvalue weighted by atomic mass is 16.5. The summed E-state index contributed by atoms with van der Waals surface area (Å²) in [7, 11) is 0. The van der Waals surface area contributed by atoms with Crippen LogP contribution in [0.4, 0.5) is 0 Å². The normalized spacial score (nSPS) is 19.9. The van der Waals surface area contributed by atoms with Gasteiger partial charge in [-0.2, -0.15) is 0 Å². The molecule has 1 saturated heterocycles. The summed E-state index contributed by atoms with van der Waals surface area (Å²) in [4.78, 5) is 26.6. The molecule has 3 rings (SSSR count). The van der Waals surface area contributed by atoms with Gasteiger partial charge in [0.15, 0.2) is 5.78 Å². The molecule has 6 heteroatoms. The van der Waals surface area contributed by atoms with Crippen molar-refractivity contribution < 1.29 is 19.1 Å². The van der Waals surface area contributed by atoms with E-state index < -0.39 is 11.9 Å². The smallest absolute Gasteiger partial charge is 0.338 e. The third kappa shape index (κ3) is 2.54. The fraction of sp³-hybridized carbons (Fsp3) is 0.333. The Labute approximate surface area is 140 Å². The molecule has 2 aliphatic rings. The monoisotopic (exact) mass is 328 g/mol. The van der Waals surface area contributed by atoms with Gasteiger partial charge in [0, 0.05) is 0 Å². The second-order valence-electron chi connectivity index (χ2n) is 5.64. The first-order valence-electron chi connectivity index (χ1n) is 7.93. The van der Waals surface area contributed by atoms with Gasteiger partial charge >= 0.3 is 5.97 Å². The lowest BCUT2D eigenvalue weighted by molar-refractivity contribution is -0.139. The minimum atomic E-state index is -0.591. The van der Waals surface area contributed by atoms with Crippen LogP contribution >= 0.6 is 0 Å². The van der Waals surface area contributed by atoms with E-state index in [-0.39, 0.29) is 12.4 Å². The zero-order chi connectivity index (χ0) is 17.3. The van der Waals surface area contributed by atoms with E-state index in [0.717, 1.165) is 5.56 Å². The third-order valence-electron chi connectivity index (χ3n) is 4.18. The van der Waals surface area contributed by atoms with Crippen LogP contribution in [-0.4, -0.2) is 36.4 Å². The van der Waals surface area contributed by atoms with Gasteiger partial charge in [0.1, 0.15) is 12.4 Å². The molecule has 6 nitrogen and oxygen atoms in total. The maximum atomic E-state index is 12.6. The van der Waals surface area contributed by atoms with E-state index in [1.807, 2.05) is 30.3 Å². The Morgan fingerprint density at radius 3 is 2.62 bits per heavy atom. The van der Waals surface area contributed by atoms with Crippen LogP contribution in [0.2, 0.25) is 0 Å². The molecule has 2 heterocycles. The summed E-state index contributed by atoms with van der Waals surface area (Å²) in [5.74, 6) is -0.512. The van der Waals surface area contributed by atoms with Gasteiger partial charge in [-0.05, 0) is 19.4 Å². The lowest BCUT2D eigenvalue weighted by Crippen LogP contribution is -2.37. The van der Waals surface area contributed by atoms with Gasteiger partial charge in [-0.1, -0.05) is 30.3 Å². The number of benzene rings is 1. The molecule has 0 saturated carbocycles. The number of esters is 1. The first-order chi connectivity index (χ1) is 11.6. The number of hydrogen-bond donors (Lipinski definition) is 1. The van der Waals surface area contributed by atoms with E-state index in [9.17, 15) is 9.59 Å². The van der Waals surface area contributed by atoms with E-state index >= 15 is 0 Å². The number of allylic oxidation sites excluding steroid dienone is 1. The Balaban J connectivity index is 2.22. The van der Waals surface area contributed by atoms with Crippen molar-refractivity contribution in [2.45, 2.75) is 19.8 Å². The van der Waals surface area contributed by atoms with Crippen LogP contribution in [0.3, 0.4) is 0 Å². The van der Waals surface area contributed by atoms with E-state index in [4.69, 9.17) is 15.2 Å². The molecule has 2 N–H and O–H groups in total. The predicted molar refractivity (Wildman–Crippen MR) is 87.4 cm³/mol. The van der Waals surface area contributed by atoms with Gasteiger partial charge in [0.25, 0.3) is 0 Å². The lowest BCUT2D eigenvalue weighted by atomic mass is 9.80. The summed E-state index contributed by atoms with van der Waals surface area (Å²) < 4.78 is 10.9. The fourth-order valence-electron chi connectivity index (χ4n) is 3.19. The molecule has 1 unspecified atom stereocenters. The van der Waals surface area contributed by atoms with Gasteiger partial charge in [-0.15, -0.1) is 0 Å². The highest BCUT2D eigenvalue weighted by Gasteiger charge is 2.43. The van der Waals surface area contributed by atoms with E-state index in [1.54, 1.807) is 11.8 Å². The number of ketones is 1. The van der Waals surface area contributed by atoms with Crippen LogP contribution in [-0.2, 0) is 19.1 Å². The number of hydrogen-bond acceptors (Lipinski definition) is 6. The SMILES string of the molecule is CCOC(=O)C1=C(N)N2CCOC2=C(C(C)=O)C1c1ccccc1. The van der Waals surface area contributed by atoms with Gasteiger partial charge < -0.3 is 15.2 Å². The fourth-order valence-corrected chi connectivity index (χ4v) is 3.19. The topological polar surface area (TPSA) is 81.9 Å². The van der Waals surface area contributed by atoms with Crippen molar-refractivity contribution in [3.05, 3.63) is 58.7 Å². The largest absolute Gasteiger partial charge is 0.477 e. The number of rotatable bonds is 4. The average Bonchev–Trinajstić information content (AvgIpc) is 3.05. The predicted octanol–water partition coefficient (Wildman–Crippen LogP) is 1.65. The van der Waals surface area contributed by atoms with Crippen LogP contribution in [0.5, 0.6) is 0 Å². The summed E-state index contributed by atoms with van der Waals surface area (Å²) in [6, 6.07) is 9.33. The first-order valence-corrected chi connectivity index (χ1v) is 7.93. The number of Topliss-reactive ketones (excluding diaryl/α,β-unsaturated/α-hetero) is 1. The number of carbonyl (C=O) groups excluding carboxylic acids is 2. The highest BCUT2D eigenvalue weighted by Crippen LogP contribution is 2.43. The van der Waals surface area contributed by atoms with Crippen molar-refractivity contribution in [3.63, 3.8) is 0 Å². The molecule has 2 aliphatic heterocycles. The van der Waals surface area contributed by atoms with Gasteiger partial charge in [-0.25, -0.2) is 4.79 Å². The van der Waals surface area contributed by atoms with Crippen molar-refractivity contribution in [3.8, 4) is 0 Å². The van der Waals surface area contributed by atoms with Crippen molar-refractivity contribution in [2.24, 2.45) is 5.73 Å². The Kier molecular flexibility index (Phi) is 4.29. The second kappa shape index (κ2) is 6.39. The quantitative estimate of drug-likeness (QED) is 0.846. The summed E-state index contributed by atoms with van der Waals surface area (Å²) in [6.45, 7) is 4.37. The molecule has 0 radical (unpaired) electrons. The summed E-state index contributed by atoms with van der Waals surface area (Å²) >= 11 is 0. The third-order valence-corrected chi connectivity index (χ3v) is 4.18. The molecule has 0 spiro atoms. The van der Waals surface area contributed by atoms with Crippen LogP contribution in [0.15, 0.2) is 53.2 Å². The molecule has 1 aromatic rings. The van der Waals surface area contributed by atoms with Gasteiger partial charge in [-0.3, -0.25) is 9.69 Å². The molecule has 1 atom stereocenters. The summed E-state index contributed by atoms with van der Waals surface area (Å²) in [5.41, 5.74) is 7.80. The van der Waals surface area contributed by atoms with Crippen molar-refractivity contribution >= 4 is 11.8 Å². The minimum absolute atomic E-state index is 0.153. The number of nitrogens with two attached hydrogens (primary N) is 1. The molecule has 24 heavy (non-hydrogen) atoms.